The van der Waals surface area contributed by atoms with Gasteiger partial charge in [-0.05, 0) is 45.5 Å². The van der Waals surface area contributed by atoms with Crippen LogP contribution in [0.2, 0.25) is 0 Å². The lowest BCUT2D eigenvalue weighted by Gasteiger charge is -2.06. The minimum absolute atomic E-state index is 0.0669. The molecule has 0 aromatic rings. The van der Waals surface area contributed by atoms with E-state index in [1.807, 2.05) is 0 Å². The SMILES string of the molecule is CC#CC(=O)C[C@@H](C)CCC=C(C)C. The summed E-state index contributed by atoms with van der Waals surface area (Å²) in [5.74, 6) is 5.72. The molecule has 1 heteroatoms. The van der Waals surface area contributed by atoms with Crippen LogP contribution >= 0.6 is 0 Å². The lowest BCUT2D eigenvalue weighted by atomic mass is 9.99. The highest BCUT2D eigenvalue weighted by molar-refractivity contribution is 5.95. The minimum Gasteiger partial charge on any atom is -0.285 e. The van der Waals surface area contributed by atoms with E-state index in [1.54, 1.807) is 6.92 Å². The number of carbonyl (C=O) groups is 1. The van der Waals surface area contributed by atoms with Crippen molar-refractivity contribution < 1.29 is 4.79 Å². The largest absolute Gasteiger partial charge is 0.285 e. The maximum absolute atomic E-state index is 11.2. The first-order valence-electron chi connectivity index (χ1n) is 5.15. The highest BCUT2D eigenvalue weighted by Crippen LogP contribution is 2.11. The van der Waals surface area contributed by atoms with Crippen LogP contribution < -0.4 is 0 Å². The Labute approximate surface area is 87.6 Å². The first kappa shape index (κ1) is 13.0. The predicted octanol–water partition coefficient (Wildman–Crippen LogP) is 3.35. The van der Waals surface area contributed by atoms with Gasteiger partial charge in [-0.1, -0.05) is 24.5 Å². The van der Waals surface area contributed by atoms with Crippen LogP contribution in [0.15, 0.2) is 11.6 Å². The third kappa shape index (κ3) is 7.61. The second-order valence-electron chi connectivity index (χ2n) is 3.97. The average molecular weight is 192 g/mol. The van der Waals surface area contributed by atoms with E-state index < -0.39 is 0 Å². The zero-order chi connectivity index (χ0) is 11.0. The molecule has 0 N–H and O–H groups in total. The first-order valence-corrected chi connectivity index (χ1v) is 5.15. The summed E-state index contributed by atoms with van der Waals surface area (Å²) in [4.78, 5) is 11.2. The molecule has 0 heterocycles. The summed E-state index contributed by atoms with van der Waals surface area (Å²) in [5, 5.41) is 0. The normalized spacial score (nSPS) is 11.1. The van der Waals surface area contributed by atoms with Crippen LogP contribution in [0.25, 0.3) is 0 Å². The van der Waals surface area contributed by atoms with Gasteiger partial charge in [-0.25, -0.2) is 0 Å². The quantitative estimate of drug-likeness (QED) is 0.371. The van der Waals surface area contributed by atoms with E-state index in [-0.39, 0.29) is 5.78 Å². The van der Waals surface area contributed by atoms with Crippen molar-refractivity contribution in [2.75, 3.05) is 0 Å². The standard InChI is InChI=1S/C13H20O/c1-5-7-13(14)10-12(4)9-6-8-11(2)3/h8,12H,6,9-10H2,1-4H3/t12-/m0/s1. The fourth-order valence-electron chi connectivity index (χ4n) is 1.27. The van der Waals surface area contributed by atoms with Crippen molar-refractivity contribution in [1.29, 1.82) is 0 Å². The zero-order valence-corrected chi connectivity index (χ0v) is 9.68. The Kier molecular flexibility index (Phi) is 6.84. The Balaban J connectivity index is 3.74. The molecule has 0 aromatic heterocycles. The van der Waals surface area contributed by atoms with Crippen molar-refractivity contribution >= 4 is 5.78 Å². The van der Waals surface area contributed by atoms with Crippen LogP contribution in [0.1, 0.15) is 47.0 Å². The summed E-state index contributed by atoms with van der Waals surface area (Å²) < 4.78 is 0. The van der Waals surface area contributed by atoms with Gasteiger partial charge < -0.3 is 0 Å². The van der Waals surface area contributed by atoms with Gasteiger partial charge in [0.15, 0.2) is 0 Å². The van der Waals surface area contributed by atoms with Crippen LogP contribution in [0.4, 0.5) is 0 Å². The molecule has 14 heavy (non-hydrogen) atoms. The van der Waals surface area contributed by atoms with Crippen LogP contribution in [-0.4, -0.2) is 5.78 Å². The van der Waals surface area contributed by atoms with E-state index in [2.05, 4.69) is 38.7 Å². The van der Waals surface area contributed by atoms with Gasteiger partial charge in [0.05, 0.1) is 0 Å². The Morgan fingerprint density at radius 1 is 1.43 bits per heavy atom. The van der Waals surface area contributed by atoms with Gasteiger partial charge in [0.2, 0.25) is 5.78 Å². The molecule has 78 valence electrons. The molecule has 0 saturated carbocycles. The van der Waals surface area contributed by atoms with Gasteiger partial charge in [0, 0.05) is 6.42 Å². The molecule has 0 saturated heterocycles. The van der Waals surface area contributed by atoms with Crippen LogP contribution in [0.5, 0.6) is 0 Å². The molecule has 0 aliphatic carbocycles. The second-order valence-corrected chi connectivity index (χ2v) is 3.97. The molecule has 0 amide bonds. The molecule has 1 nitrogen and oxygen atoms in total. The molecular formula is C13H20O. The third-order valence-corrected chi connectivity index (χ3v) is 2.01. The molecule has 0 aromatic carbocycles. The summed E-state index contributed by atoms with van der Waals surface area (Å²) in [6.07, 6.45) is 4.95. The smallest absolute Gasteiger partial charge is 0.205 e. The van der Waals surface area contributed by atoms with Gasteiger partial charge in [-0.15, -0.1) is 0 Å². The van der Waals surface area contributed by atoms with E-state index in [9.17, 15) is 4.79 Å². The maximum atomic E-state index is 11.2. The van der Waals surface area contributed by atoms with Gasteiger partial charge in [0.25, 0.3) is 0 Å². The lowest BCUT2D eigenvalue weighted by Crippen LogP contribution is -2.02. The van der Waals surface area contributed by atoms with Crippen molar-refractivity contribution in [3.63, 3.8) is 0 Å². The van der Waals surface area contributed by atoms with Crippen molar-refractivity contribution in [1.82, 2.24) is 0 Å². The second kappa shape index (κ2) is 7.38. The Hall–Kier alpha value is -1.03. The van der Waals surface area contributed by atoms with E-state index >= 15 is 0 Å². The lowest BCUT2D eigenvalue weighted by molar-refractivity contribution is -0.114. The number of hydrogen-bond donors (Lipinski definition) is 0. The summed E-state index contributed by atoms with van der Waals surface area (Å²) in [6.45, 7) is 8.00. The topological polar surface area (TPSA) is 17.1 Å². The highest BCUT2D eigenvalue weighted by Gasteiger charge is 2.05. The van der Waals surface area contributed by atoms with Gasteiger partial charge in [0.1, 0.15) is 0 Å². The molecule has 0 unspecified atom stereocenters. The van der Waals surface area contributed by atoms with Crippen molar-refractivity contribution in [3.8, 4) is 11.8 Å². The summed E-state index contributed by atoms with van der Waals surface area (Å²) in [6, 6.07) is 0. The maximum Gasteiger partial charge on any atom is 0.205 e. The van der Waals surface area contributed by atoms with Crippen LogP contribution in [0, 0.1) is 17.8 Å². The van der Waals surface area contributed by atoms with E-state index in [0.717, 1.165) is 12.8 Å². The van der Waals surface area contributed by atoms with Gasteiger partial charge in [-0.2, -0.15) is 0 Å². The van der Waals surface area contributed by atoms with E-state index in [0.29, 0.717) is 12.3 Å². The summed E-state index contributed by atoms with van der Waals surface area (Å²) in [7, 11) is 0. The molecule has 0 radical (unpaired) electrons. The summed E-state index contributed by atoms with van der Waals surface area (Å²) in [5.41, 5.74) is 1.34. The van der Waals surface area contributed by atoms with Gasteiger partial charge >= 0.3 is 0 Å². The molecule has 0 bridgehead atoms. The number of Topliss-reactive ketones (excluding diaryl/α,β-unsaturated/α-hetero) is 1. The van der Waals surface area contributed by atoms with Gasteiger partial charge in [-0.3, -0.25) is 4.79 Å². The molecule has 0 aliphatic rings. The Morgan fingerprint density at radius 3 is 2.57 bits per heavy atom. The number of hydrogen-bond acceptors (Lipinski definition) is 1. The monoisotopic (exact) mass is 192 g/mol. The van der Waals surface area contributed by atoms with Crippen molar-refractivity contribution in [2.24, 2.45) is 5.92 Å². The molecule has 0 spiro atoms. The molecular weight excluding hydrogens is 172 g/mol. The first-order chi connectivity index (χ1) is 6.56. The Morgan fingerprint density at radius 2 is 2.07 bits per heavy atom. The van der Waals surface area contributed by atoms with Crippen molar-refractivity contribution in [2.45, 2.75) is 47.0 Å². The molecule has 0 fully saturated rings. The molecule has 0 rings (SSSR count). The third-order valence-electron chi connectivity index (χ3n) is 2.01. The average Bonchev–Trinajstić information content (AvgIpc) is 2.03. The van der Waals surface area contributed by atoms with Crippen LogP contribution in [0.3, 0.4) is 0 Å². The highest BCUT2D eigenvalue weighted by atomic mass is 16.1. The van der Waals surface area contributed by atoms with Crippen molar-refractivity contribution in [3.05, 3.63) is 11.6 Å². The Bertz CT molecular complexity index is 259. The summed E-state index contributed by atoms with van der Waals surface area (Å²) >= 11 is 0. The minimum atomic E-state index is 0.0669. The fraction of sp³-hybridized carbons (Fsp3) is 0.615. The fourth-order valence-corrected chi connectivity index (χ4v) is 1.27. The zero-order valence-electron chi connectivity index (χ0n) is 9.68. The van der Waals surface area contributed by atoms with Crippen LogP contribution in [-0.2, 0) is 4.79 Å². The number of carbonyl (C=O) groups excluding carboxylic acids is 1. The molecule has 0 aliphatic heterocycles. The predicted molar refractivity (Wildman–Crippen MR) is 60.9 cm³/mol. The number of ketones is 1. The number of rotatable bonds is 5. The molecule has 1 atom stereocenters. The van der Waals surface area contributed by atoms with E-state index in [4.69, 9.17) is 0 Å². The number of allylic oxidation sites excluding steroid dienone is 2. The van der Waals surface area contributed by atoms with E-state index in [1.165, 1.54) is 5.57 Å².